The SMILES string of the molecule is COc1ccccc1N1CCN(Cc2ccc(C(=O)N3CCN(Cc4ccccc4)CC3)cc2)CC1. The summed E-state index contributed by atoms with van der Waals surface area (Å²) >= 11 is 0. The summed E-state index contributed by atoms with van der Waals surface area (Å²) in [5.41, 5.74) is 4.54. The van der Waals surface area contributed by atoms with E-state index in [4.69, 9.17) is 4.74 Å². The average molecular weight is 485 g/mol. The number of nitrogens with zero attached hydrogens (tertiary/aromatic N) is 4. The summed E-state index contributed by atoms with van der Waals surface area (Å²) in [6.07, 6.45) is 0. The molecule has 0 aliphatic carbocycles. The lowest BCUT2D eigenvalue weighted by molar-refractivity contribution is 0.0628. The highest BCUT2D eigenvalue weighted by molar-refractivity contribution is 5.94. The molecule has 2 aliphatic heterocycles. The minimum atomic E-state index is 0.145. The molecule has 0 aromatic heterocycles. The lowest BCUT2D eigenvalue weighted by Crippen LogP contribution is -2.48. The Morgan fingerprint density at radius 3 is 1.86 bits per heavy atom. The second-order valence-corrected chi connectivity index (χ2v) is 9.69. The van der Waals surface area contributed by atoms with Crippen molar-refractivity contribution in [3.8, 4) is 5.75 Å². The number of benzene rings is 3. The molecule has 2 saturated heterocycles. The number of rotatable bonds is 7. The van der Waals surface area contributed by atoms with Crippen LogP contribution in [0.4, 0.5) is 5.69 Å². The molecule has 0 N–H and O–H groups in total. The molecule has 2 aliphatic rings. The van der Waals surface area contributed by atoms with E-state index in [9.17, 15) is 4.79 Å². The van der Waals surface area contributed by atoms with Crippen molar-refractivity contribution in [1.29, 1.82) is 0 Å². The van der Waals surface area contributed by atoms with Crippen molar-refractivity contribution in [3.63, 3.8) is 0 Å². The molecule has 0 atom stereocenters. The maximum atomic E-state index is 13.1. The zero-order valence-electron chi connectivity index (χ0n) is 21.2. The first-order valence-corrected chi connectivity index (χ1v) is 12.9. The van der Waals surface area contributed by atoms with E-state index in [-0.39, 0.29) is 5.91 Å². The van der Waals surface area contributed by atoms with Gasteiger partial charge in [0.2, 0.25) is 0 Å². The third-order valence-electron chi connectivity index (χ3n) is 7.31. The molecule has 0 unspecified atom stereocenters. The van der Waals surface area contributed by atoms with Gasteiger partial charge in [-0.15, -0.1) is 0 Å². The van der Waals surface area contributed by atoms with Crippen molar-refractivity contribution in [2.24, 2.45) is 0 Å². The fourth-order valence-corrected chi connectivity index (χ4v) is 5.18. The second-order valence-electron chi connectivity index (χ2n) is 9.69. The Kier molecular flexibility index (Phi) is 7.84. The fraction of sp³-hybridized carbons (Fsp3) is 0.367. The van der Waals surface area contributed by atoms with E-state index < -0.39 is 0 Å². The molecule has 5 rings (SSSR count). The molecular formula is C30H36N4O2. The zero-order chi connectivity index (χ0) is 24.7. The molecule has 188 valence electrons. The summed E-state index contributed by atoms with van der Waals surface area (Å²) in [5, 5.41) is 0. The third-order valence-corrected chi connectivity index (χ3v) is 7.31. The number of carbonyl (C=O) groups excluding carboxylic acids is 1. The molecular weight excluding hydrogens is 448 g/mol. The highest BCUT2D eigenvalue weighted by Crippen LogP contribution is 2.28. The molecule has 0 bridgehead atoms. The van der Waals surface area contributed by atoms with Gasteiger partial charge in [-0.05, 0) is 35.4 Å². The van der Waals surface area contributed by atoms with E-state index in [2.05, 4.69) is 69.3 Å². The monoisotopic (exact) mass is 484 g/mol. The topological polar surface area (TPSA) is 39.3 Å². The molecule has 0 radical (unpaired) electrons. The van der Waals surface area contributed by atoms with E-state index in [0.717, 1.165) is 76.8 Å². The minimum Gasteiger partial charge on any atom is -0.495 e. The number of hydrogen-bond acceptors (Lipinski definition) is 5. The summed E-state index contributed by atoms with van der Waals surface area (Å²) < 4.78 is 5.54. The van der Waals surface area contributed by atoms with Gasteiger partial charge in [0.1, 0.15) is 5.75 Å². The first-order chi connectivity index (χ1) is 17.7. The second kappa shape index (κ2) is 11.6. The summed E-state index contributed by atoms with van der Waals surface area (Å²) in [6.45, 7) is 9.22. The van der Waals surface area contributed by atoms with Crippen molar-refractivity contribution in [2.45, 2.75) is 13.1 Å². The number of hydrogen-bond donors (Lipinski definition) is 0. The molecule has 6 heteroatoms. The highest BCUT2D eigenvalue weighted by atomic mass is 16.5. The van der Waals surface area contributed by atoms with E-state index in [1.54, 1.807) is 7.11 Å². The first-order valence-electron chi connectivity index (χ1n) is 12.9. The molecule has 0 spiro atoms. The molecule has 2 heterocycles. The van der Waals surface area contributed by atoms with Crippen molar-refractivity contribution < 1.29 is 9.53 Å². The zero-order valence-corrected chi connectivity index (χ0v) is 21.2. The van der Waals surface area contributed by atoms with Crippen LogP contribution in [0, 0.1) is 0 Å². The number of carbonyl (C=O) groups is 1. The lowest BCUT2D eigenvalue weighted by Gasteiger charge is -2.36. The fourth-order valence-electron chi connectivity index (χ4n) is 5.18. The molecule has 3 aromatic rings. The van der Waals surface area contributed by atoms with Crippen LogP contribution in [0.3, 0.4) is 0 Å². The Balaban J connectivity index is 1.09. The van der Waals surface area contributed by atoms with Crippen LogP contribution in [0.2, 0.25) is 0 Å². The van der Waals surface area contributed by atoms with E-state index >= 15 is 0 Å². The predicted octanol–water partition coefficient (Wildman–Crippen LogP) is 3.98. The van der Waals surface area contributed by atoms with Gasteiger partial charge in [-0.1, -0.05) is 54.6 Å². The normalized spacial score (nSPS) is 17.2. The maximum absolute atomic E-state index is 13.1. The summed E-state index contributed by atoms with van der Waals surface area (Å²) in [7, 11) is 1.73. The highest BCUT2D eigenvalue weighted by Gasteiger charge is 2.23. The molecule has 1 amide bonds. The predicted molar refractivity (Wildman–Crippen MR) is 145 cm³/mol. The van der Waals surface area contributed by atoms with Gasteiger partial charge in [0.25, 0.3) is 5.91 Å². The van der Waals surface area contributed by atoms with Crippen LogP contribution < -0.4 is 9.64 Å². The molecule has 6 nitrogen and oxygen atoms in total. The Labute approximate surface area is 214 Å². The molecule has 36 heavy (non-hydrogen) atoms. The van der Waals surface area contributed by atoms with Crippen LogP contribution in [0.25, 0.3) is 0 Å². The Morgan fingerprint density at radius 2 is 1.22 bits per heavy atom. The van der Waals surface area contributed by atoms with E-state index in [1.807, 2.05) is 29.2 Å². The van der Waals surface area contributed by atoms with Crippen molar-refractivity contribution in [3.05, 3.63) is 95.6 Å². The number of ether oxygens (including phenoxy) is 1. The summed E-state index contributed by atoms with van der Waals surface area (Å²) in [6, 6.07) is 27.0. The van der Waals surface area contributed by atoms with Gasteiger partial charge in [0.05, 0.1) is 12.8 Å². The van der Waals surface area contributed by atoms with Crippen LogP contribution >= 0.6 is 0 Å². The van der Waals surface area contributed by atoms with Crippen LogP contribution in [-0.2, 0) is 13.1 Å². The molecule has 2 fully saturated rings. The van der Waals surface area contributed by atoms with Crippen LogP contribution in [-0.4, -0.2) is 80.1 Å². The van der Waals surface area contributed by atoms with Gasteiger partial charge in [0, 0.05) is 71.0 Å². The Morgan fingerprint density at radius 1 is 0.667 bits per heavy atom. The molecule has 3 aromatic carbocycles. The van der Waals surface area contributed by atoms with Gasteiger partial charge in [-0.3, -0.25) is 14.6 Å². The van der Waals surface area contributed by atoms with Crippen molar-refractivity contribution >= 4 is 11.6 Å². The number of piperazine rings is 2. The van der Waals surface area contributed by atoms with E-state index in [1.165, 1.54) is 16.8 Å². The van der Waals surface area contributed by atoms with Crippen LogP contribution in [0.1, 0.15) is 21.5 Å². The van der Waals surface area contributed by atoms with Gasteiger partial charge in [0.15, 0.2) is 0 Å². The Hall–Kier alpha value is -3.35. The summed E-state index contributed by atoms with van der Waals surface area (Å²) in [5.74, 6) is 1.08. The maximum Gasteiger partial charge on any atom is 0.253 e. The Bertz CT molecular complexity index is 1120. The lowest BCUT2D eigenvalue weighted by atomic mass is 10.1. The molecule has 0 saturated carbocycles. The minimum absolute atomic E-state index is 0.145. The van der Waals surface area contributed by atoms with Gasteiger partial charge in [-0.2, -0.15) is 0 Å². The largest absolute Gasteiger partial charge is 0.495 e. The van der Waals surface area contributed by atoms with Gasteiger partial charge in [-0.25, -0.2) is 0 Å². The smallest absolute Gasteiger partial charge is 0.253 e. The third kappa shape index (κ3) is 5.89. The van der Waals surface area contributed by atoms with Gasteiger partial charge < -0.3 is 14.5 Å². The quantitative estimate of drug-likeness (QED) is 0.507. The van der Waals surface area contributed by atoms with Crippen molar-refractivity contribution in [1.82, 2.24) is 14.7 Å². The number of anilines is 1. The average Bonchev–Trinajstić information content (AvgIpc) is 2.94. The number of amides is 1. The number of methoxy groups -OCH3 is 1. The van der Waals surface area contributed by atoms with E-state index in [0.29, 0.717) is 0 Å². The van der Waals surface area contributed by atoms with Gasteiger partial charge >= 0.3 is 0 Å². The van der Waals surface area contributed by atoms with Crippen molar-refractivity contribution in [2.75, 3.05) is 64.4 Å². The number of para-hydroxylation sites is 2. The standard InChI is InChI=1S/C30H36N4O2/c1-36-29-10-6-5-9-28(29)33-19-15-31(16-20-33)24-26-11-13-27(14-12-26)30(35)34-21-17-32(18-22-34)23-25-7-3-2-4-8-25/h2-14H,15-24H2,1H3. The van der Waals surface area contributed by atoms with Crippen LogP contribution in [0.5, 0.6) is 5.75 Å². The first kappa shape index (κ1) is 24.3. The summed E-state index contributed by atoms with van der Waals surface area (Å²) in [4.78, 5) is 22.4. The van der Waals surface area contributed by atoms with Crippen LogP contribution in [0.15, 0.2) is 78.9 Å².